The minimum absolute atomic E-state index is 0.0838. The van der Waals surface area contributed by atoms with Crippen LogP contribution >= 0.6 is 0 Å². The van der Waals surface area contributed by atoms with E-state index in [-0.39, 0.29) is 23.7 Å². The van der Waals surface area contributed by atoms with Gasteiger partial charge in [-0.15, -0.1) is 0 Å². The first-order valence-electron chi connectivity index (χ1n) is 7.32. The molecule has 1 aliphatic rings. The lowest BCUT2D eigenvalue weighted by molar-refractivity contribution is -0.122. The maximum absolute atomic E-state index is 13.0. The zero-order valence-electron chi connectivity index (χ0n) is 12.2. The van der Waals surface area contributed by atoms with Crippen LogP contribution in [0, 0.1) is 11.7 Å². The van der Waals surface area contributed by atoms with Crippen molar-refractivity contribution in [1.82, 2.24) is 10.6 Å². The predicted octanol–water partition coefficient (Wildman–Crippen LogP) is 2.43. The zero-order valence-corrected chi connectivity index (χ0v) is 12.2. The van der Waals surface area contributed by atoms with Gasteiger partial charge in [-0.2, -0.15) is 0 Å². The van der Waals surface area contributed by atoms with E-state index in [4.69, 9.17) is 0 Å². The topological polar surface area (TPSA) is 41.1 Å². The normalized spacial score (nSPS) is 22.8. The highest BCUT2D eigenvalue weighted by Gasteiger charge is 2.27. The van der Waals surface area contributed by atoms with Crippen molar-refractivity contribution < 1.29 is 9.18 Å². The van der Waals surface area contributed by atoms with Gasteiger partial charge in [-0.1, -0.05) is 26.0 Å². The number of carbonyl (C=O) groups excluding carboxylic acids is 1. The third-order valence-electron chi connectivity index (χ3n) is 3.72. The predicted molar refractivity (Wildman–Crippen MR) is 78.0 cm³/mol. The first-order valence-corrected chi connectivity index (χ1v) is 7.32. The van der Waals surface area contributed by atoms with Gasteiger partial charge in [0.25, 0.3) is 0 Å². The Balaban J connectivity index is 2.05. The molecule has 2 rings (SSSR count). The summed E-state index contributed by atoms with van der Waals surface area (Å²) >= 11 is 0. The molecule has 0 radical (unpaired) electrons. The molecule has 1 amide bonds. The molecule has 2 atom stereocenters. The Morgan fingerprint density at radius 1 is 1.40 bits per heavy atom. The maximum Gasteiger partial charge on any atom is 0.220 e. The van der Waals surface area contributed by atoms with Crippen LogP contribution in [0.5, 0.6) is 0 Å². The average Bonchev–Trinajstić information content (AvgIpc) is 2.39. The largest absolute Gasteiger partial charge is 0.351 e. The Hall–Kier alpha value is -1.42. The molecule has 1 saturated heterocycles. The molecular formula is C16H23FN2O. The average molecular weight is 278 g/mol. The highest BCUT2D eigenvalue weighted by molar-refractivity contribution is 5.76. The summed E-state index contributed by atoms with van der Waals surface area (Å²) in [5, 5.41) is 6.43. The van der Waals surface area contributed by atoms with Crippen molar-refractivity contribution in [3.63, 3.8) is 0 Å². The van der Waals surface area contributed by atoms with Crippen LogP contribution in [0.3, 0.4) is 0 Å². The second-order valence-corrected chi connectivity index (χ2v) is 5.92. The van der Waals surface area contributed by atoms with Crippen LogP contribution in [-0.2, 0) is 4.79 Å². The minimum Gasteiger partial charge on any atom is -0.351 e. The fraction of sp³-hybridized carbons (Fsp3) is 0.562. The number of nitrogens with one attached hydrogen (secondary N) is 2. The van der Waals surface area contributed by atoms with Gasteiger partial charge >= 0.3 is 0 Å². The lowest BCUT2D eigenvalue weighted by atomic mass is 9.86. The molecule has 1 aliphatic heterocycles. The number of carbonyl (C=O) groups is 1. The number of benzene rings is 1. The van der Waals surface area contributed by atoms with E-state index in [9.17, 15) is 9.18 Å². The van der Waals surface area contributed by atoms with Crippen LogP contribution < -0.4 is 10.6 Å². The van der Waals surface area contributed by atoms with Crippen LogP contribution in [0.2, 0.25) is 0 Å². The first kappa shape index (κ1) is 15.0. The highest BCUT2D eigenvalue weighted by atomic mass is 19.1. The molecule has 0 saturated carbocycles. The number of hydrogen-bond donors (Lipinski definition) is 2. The third-order valence-corrected chi connectivity index (χ3v) is 3.72. The van der Waals surface area contributed by atoms with E-state index >= 15 is 0 Å². The summed E-state index contributed by atoms with van der Waals surface area (Å²) in [6.07, 6.45) is 1.50. The van der Waals surface area contributed by atoms with Crippen LogP contribution in [0.15, 0.2) is 24.3 Å². The standard InChI is InChI=1S/C16H23FN2O/c1-11(2)9-16(20)19-15-10-18-8-7-14(15)12-3-5-13(17)6-4-12/h3-6,11,14-15,18H,7-10H2,1-2H3,(H,19,20). The number of hydrogen-bond acceptors (Lipinski definition) is 2. The van der Waals surface area contributed by atoms with Crippen molar-refractivity contribution in [2.45, 2.75) is 38.6 Å². The lowest BCUT2D eigenvalue weighted by Crippen LogP contribution is -2.50. The molecule has 0 spiro atoms. The number of rotatable bonds is 4. The number of piperidine rings is 1. The van der Waals surface area contributed by atoms with Crippen LogP contribution in [0.1, 0.15) is 38.2 Å². The highest BCUT2D eigenvalue weighted by Crippen LogP contribution is 2.26. The van der Waals surface area contributed by atoms with Gasteiger partial charge < -0.3 is 10.6 Å². The molecule has 4 heteroatoms. The van der Waals surface area contributed by atoms with Gasteiger partial charge in [0.05, 0.1) is 0 Å². The Morgan fingerprint density at radius 3 is 2.75 bits per heavy atom. The first-order chi connectivity index (χ1) is 9.56. The third kappa shape index (κ3) is 4.04. The fourth-order valence-corrected chi connectivity index (χ4v) is 2.76. The molecule has 20 heavy (non-hydrogen) atoms. The molecule has 1 aromatic carbocycles. The molecule has 2 N–H and O–H groups in total. The molecule has 1 aromatic rings. The van der Waals surface area contributed by atoms with Gasteiger partial charge in [-0.05, 0) is 36.6 Å². The minimum atomic E-state index is -0.219. The van der Waals surface area contributed by atoms with Gasteiger partial charge in [0, 0.05) is 24.9 Å². The molecule has 1 heterocycles. The maximum atomic E-state index is 13.0. The van der Waals surface area contributed by atoms with E-state index in [0.29, 0.717) is 12.3 Å². The van der Waals surface area contributed by atoms with E-state index < -0.39 is 0 Å². The Bertz CT molecular complexity index is 444. The van der Waals surface area contributed by atoms with Gasteiger partial charge in [0.2, 0.25) is 5.91 Å². The van der Waals surface area contributed by atoms with Crippen LogP contribution in [0.25, 0.3) is 0 Å². The molecule has 0 aliphatic carbocycles. The molecule has 1 fully saturated rings. The van der Waals surface area contributed by atoms with Crippen molar-refractivity contribution in [1.29, 1.82) is 0 Å². The van der Waals surface area contributed by atoms with Crippen LogP contribution in [0.4, 0.5) is 4.39 Å². The van der Waals surface area contributed by atoms with Crippen molar-refractivity contribution in [2.24, 2.45) is 5.92 Å². The summed E-state index contributed by atoms with van der Waals surface area (Å²) in [5.74, 6) is 0.493. The molecule has 3 nitrogen and oxygen atoms in total. The summed E-state index contributed by atoms with van der Waals surface area (Å²) in [5.41, 5.74) is 1.10. The van der Waals surface area contributed by atoms with Gasteiger partial charge in [-0.3, -0.25) is 4.79 Å². The molecule has 110 valence electrons. The molecule has 0 aromatic heterocycles. The van der Waals surface area contributed by atoms with Crippen LogP contribution in [-0.4, -0.2) is 25.0 Å². The molecule has 2 unspecified atom stereocenters. The van der Waals surface area contributed by atoms with E-state index in [1.54, 1.807) is 0 Å². The second-order valence-electron chi connectivity index (χ2n) is 5.92. The smallest absolute Gasteiger partial charge is 0.220 e. The van der Waals surface area contributed by atoms with E-state index in [0.717, 1.165) is 25.1 Å². The van der Waals surface area contributed by atoms with Gasteiger partial charge in [0.15, 0.2) is 0 Å². The summed E-state index contributed by atoms with van der Waals surface area (Å²) in [6, 6.07) is 6.72. The van der Waals surface area contributed by atoms with Crippen molar-refractivity contribution in [3.05, 3.63) is 35.6 Å². The monoisotopic (exact) mass is 278 g/mol. The van der Waals surface area contributed by atoms with E-state index in [2.05, 4.69) is 10.6 Å². The summed E-state index contributed by atoms with van der Waals surface area (Å²) in [6.45, 7) is 5.77. The number of amides is 1. The Morgan fingerprint density at radius 2 is 2.10 bits per heavy atom. The molecule has 0 bridgehead atoms. The van der Waals surface area contributed by atoms with E-state index in [1.165, 1.54) is 12.1 Å². The van der Waals surface area contributed by atoms with Gasteiger partial charge in [-0.25, -0.2) is 4.39 Å². The fourth-order valence-electron chi connectivity index (χ4n) is 2.76. The summed E-state index contributed by atoms with van der Waals surface area (Å²) in [7, 11) is 0. The SMILES string of the molecule is CC(C)CC(=O)NC1CNCCC1c1ccc(F)cc1. The summed E-state index contributed by atoms with van der Waals surface area (Å²) < 4.78 is 13.0. The summed E-state index contributed by atoms with van der Waals surface area (Å²) in [4.78, 5) is 12.0. The Kier molecular flexibility index (Phi) is 5.12. The second kappa shape index (κ2) is 6.84. The Labute approximate surface area is 120 Å². The van der Waals surface area contributed by atoms with Crippen molar-refractivity contribution in [2.75, 3.05) is 13.1 Å². The zero-order chi connectivity index (χ0) is 14.5. The number of halogens is 1. The quantitative estimate of drug-likeness (QED) is 0.888. The van der Waals surface area contributed by atoms with Gasteiger partial charge in [0.1, 0.15) is 5.82 Å². The van der Waals surface area contributed by atoms with E-state index in [1.807, 2.05) is 26.0 Å². The lowest BCUT2D eigenvalue weighted by Gasteiger charge is -2.33. The van der Waals surface area contributed by atoms with Crippen molar-refractivity contribution in [3.8, 4) is 0 Å². The van der Waals surface area contributed by atoms with Crippen molar-refractivity contribution >= 4 is 5.91 Å². The molecular weight excluding hydrogens is 255 g/mol.